The number of esters is 1. The molecular formula is C20H21Cl2N5O4S2. The summed E-state index contributed by atoms with van der Waals surface area (Å²) in [6.07, 6.45) is 0.0693. The van der Waals surface area contributed by atoms with E-state index in [-0.39, 0.29) is 30.7 Å². The van der Waals surface area contributed by atoms with E-state index < -0.39 is 0 Å². The number of anilines is 1. The van der Waals surface area contributed by atoms with Crippen LogP contribution in [0.1, 0.15) is 25.4 Å². The number of nitrogens with zero attached hydrogens (tertiary/aromatic N) is 4. The monoisotopic (exact) mass is 529 g/mol. The van der Waals surface area contributed by atoms with Crippen molar-refractivity contribution in [3.8, 4) is 5.75 Å². The number of hydrogen-bond donors (Lipinski definition) is 1. The second-order valence-corrected chi connectivity index (χ2v) is 9.11. The first-order valence-corrected chi connectivity index (χ1v) is 12.5. The Morgan fingerprint density at radius 1 is 1.24 bits per heavy atom. The zero-order valence-electron chi connectivity index (χ0n) is 17.8. The molecule has 0 fully saturated rings. The predicted molar refractivity (Wildman–Crippen MR) is 128 cm³/mol. The average molecular weight is 530 g/mol. The van der Waals surface area contributed by atoms with Crippen molar-refractivity contribution in [1.29, 1.82) is 0 Å². The molecule has 1 amide bonds. The van der Waals surface area contributed by atoms with E-state index in [4.69, 9.17) is 32.7 Å². The smallest absolute Gasteiger partial charge is 0.311 e. The summed E-state index contributed by atoms with van der Waals surface area (Å²) in [5.41, 5.74) is 0.552. The number of carbonyl (C=O) groups excluding carboxylic acids is 2. The highest BCUT2D eigenvalue weighted by atomic mass is 35.5. The Kier molecular flexibility index (Phi) is 9.36. The van der Waals surface area contributed by atoms with Gasteiger partial charge in [0.2, 0.25) is 5.91 Å². The summed E-state index contributed by atoms with van der Waals surface area (Å²) < 4.78 is 12.5. The van der Waals surface area contributed by atoms with Crippen molar-refractivity contribution in [3.63, 3.8) is 0 Å². The van der Waals surface area contributed by atoms with E-state index in [1.54, 1.807) is 30.5 Å². The molecule has 0 atom stereocenters. The third kappa shape index (κ3) is 7.32. The van der Waals surface area contributed by atoms with Crippen molar-refractivity contribution in [2.24, 2.45) is 0 Å². The molecule has 33 heavy (non-hydrogen) atoms. The fourth-order valence-electron chi connectivity index (χ4n) is 2.67. The number of thiazole rings is 1. The van der Waals surface area contributed by atoms with E-state index in [2.05, 4.69) is 20.5 Å². The Hall–Kier alpha value is -2.34. The summed E-state index contributed by atoms with van der Waals surface area (Å²) in [5.74, 6) is 0.569. The van der Waals surface area contributed by atoms with E-state index >= 15 is 0 Å². The third-order valence-electron chi connectivity index (χ3n) is 4.12. The number of hydrogen-bond acceptors (Lipinski definition) is 9. The van der Waals surface area contributed by atoms with Crippen molar-refractivity contribution in [2.45, 2.75) is 38.6 Å². The second-order valence-electron chi connectivity index (χ2n) is 6.47. The first-order valence-electron chi connectivity index (χ1n) is 9.92. The fourth-order valence-corrected chi connectivity index (χ4v) is 4.55. The molecule has 3 aromatic rings. The van der Waals surface area contributed by atoms with Gasteiger partial charge < -0.3 is 19.4 Å². The zero-order valence-corrected chi connectivity index (χ0v) is 21.0. The molecule has 13 heteroatoms. The fraction of sp³-hybridized carbons (Fsp3) is 0.350. The summed E-state index contributed by atoms with van der Waals surface area (Å²) in [4.78, 5) is 28.1. The van der Waals surface area contributed by atoms with Gasteiger partial charge in [-0.15, -0.1) is 21.5 Å². The maximum atomic E-state index is 12.3. The highest BCUT2D eigenvalue weighted by molar-refractivity contribution is 7.99. The normalized spacial score (nSPS) is 10.8. The number of rotatable bonds is 11. The Morgan fingerprint density at radius 3 is 2.82 bits per heavy atom. The van der Waals surface area contributed by atoms with E-state index in [0.717, 1.165) is 0 Å². The van der Waals surface area contributed by atoms with Crippen LogP contribution in [0.5, 0.6) is 5.75 Å². The van der Waals surface area contributed by atoms with Crippen LogP contribution in [-0.2, 0) is 33.9 Å². The molecule has 0 radical (unpaired) electrons. The van der Waals surface area contributed by atoms with Gasteiger partial charge in [-0.25, -0.2) is 4.98 Å². The molecule has 0 saturated heterocycles. The minimum atomic E-state index is -0.354. The second kappa shape index (κ2) is 12.2. The van der Waals surface area contributed by atoms with Crippen molar-refractivity contribution >= 4 is 63.3 Å². The minimum absolute atomic E-state index is 0.0693. The lowest BCUT2D eigenvalue weighted by Gasteiger charge is -2.10. The molecule has 2 aromatic heterocycles. The molecule has 0 aliphatic heterocycles. The van der Waals surface area contributed by atoms with Gasteiger partial charge in [0.05, 0.1) is 29.5 Å². The predicted octanol–water partition coefficient (Wildman–Crippen LogP) is 4.48. The van der Waals surface area contributed by atoms with E-state index in [1.807, 2.05) is 11.5 Å². The molecule has 3 rings (SSSR count). The standard InChI is InChI=1S/C20H21Cl2N5O4S2/c1-3-27-16(9-31-15-7-12(21)5-6-14(15)22)25-26-20(27)33-11-17(28)24-19-23-13(10-32-19)8-18(29)30-4-2/h5-7,10H,3-4,8-9,11H2,1-2H3,(H,23,24,28). The molecule has 0 spiro atoms. The van der Waals surface area contributed by atoms with Gasteiger partial charge in [0.25, 0.3) is 0 Å². The molecule has 1 aromatic carbocycles. The van der Waals surface area contributed by atoms with Crippen LogP contribution in [0, 0.1) is 0 Å². The Morgan fingerprint density at radius 2 is 2.06 bits per heavy atom. The summed E-state index contributed by atoms with van der Waals surface area (Å²) in [7, 11) is 0. The van der Waals surface area contributed by atoms with Gasteiger partial charge in [-0.05, 0) is 26.0 Å². The molecule has 0 unspecified atom stereocenters. The number of benzene rings is 1. The topological polar surface area (TPSA) is 108 Å². The van der Waals surface area contributed by atoms with E-state index in [1.165, 1.54) is 23.1 Å². The van der Waals surface area contributed by atoms with Gasteiger partial charge in [0.1, 0.15) is 12.4 Å². The molecule has 0 saturated carbocycles. The molecule has 0 bridgehead atoms. The number of carbonyl (C=O) groups is 2. The van der Waals surface area contributed by atoms with Gasteiger partial charge >= 0.3 is 5.97 Å². The largest absolute Gasteiger partial charge is 0.484 e. The van der Waals surface area contributed by atoms with Crippen molar-refractivity contribution in [2.75, 3.05) is 17.7 Å². The highest BCUT2D eigenvalue weighted by Gasteiger charge is 2.16. The summed E-state index contributed by atoms with van der Waals surface area (Å²) in [6.45, 7) is 4.75. The lowest BCUT2D eigenvalue weighted by atomic mass is 10.3. The van der Waals surface area contributed by atoms with Crippen molar-refractivity contribution in [1.82, 2.24) is 19.7 Å². The first-order chi connectivity index (χ1) is 15.9. The van der Waals surface area contributed by atoms with Crippen LogP contribution in [-0.4, -0.2) is 44.0 Å². The molecule has 9 nitrogen and oxygen atoms in total. The molecule has 2 heterocycles. The molecule has 176 valence electrons. The van der Waals surface area contributed by atoms with Gasteiger partial charge in [0.15, 0.2) is 16.1 Å². The van der Waals surface area contributed by atoms with Crippen LogP contribution in [0.2, 0.25) is 10.0 Å². The Bertz CT molecular complexity index is 1120. The molecule has 0 aliphatic rings. The van der Waals surface area contributed by atoms with Crippen LogP contribution in [0.4, 0.5) is 5.13 Å². The van der Waals surface area contributed by atoms with Gasteiger partial charge in [-0.1, -0.05) is 35.0 Å². The van der Waals surface area contributed by atoms with Gasteiger partial charge in [-0.2, -0.15) is 0 Å². The average Bonchev–Trinajstić information content (AvgIpc) is 3.38. The number of thioether (sulfide) groups is 1. The summed E-state index contributed by atoms with van der Waals surface area (Å²) in [5, 5.41) is 14.7. The first kappa shape index (κ1) is 25.3. The molecule has 1 N–H and O–H groups in total. The maximum absolute atomic E-state index is 12.3. The Labute approximate surface area is 208 Å². The summed E-state index contributed by atoms with van der Waals surface area (Å²) >= 11 is 14.6. The van der Waals surface area contributed by atoms with Crippen LogP contribution in [0.25, 0.3) is 0 Å². The number of ether oxygens (including phenoxy) is 2. The number of aromatic nitrogens is 4. The maximum Gasteiger partial charge on any atom is 0.311 e. The summed E-state index contributed by atoms with van der Waals surface area (Å²) in [6, 6.07) is 4.97. The van der Waals surface area contributed by atoms with E-state index in [0.29, 0.717) is 50.8 Å². The van der Waals surface area contributed by atoms with Gasteiger partial charge in [-0.3, -0.25) is 9.59 Å². The minimum Gasteiger partial charge on any atom is -0.484 e. The number of halogens is 2. The van der Waals surface area contributed by atoms with Crippen molar-refractivity contribution < 1.29 is 19.1 Å². The lowest BCUT2D eigenvalue weighted by molar-refractivity contribution is -0.142. The molecule has 0 aliphatic carbocycles. The van der Waals surface area contributed by atoms with Gasteiger partial charge in [0, 0.05) is 23.0 Å². The van der Waals surface area contributed by atoms with Crippen molar-refractivity contribution in [3.05, 3.63) is 45.1 Å². The van der Waals surface area contributed by atoms with Crippen LogP contribution in [0.3, 0.4) is 0 Å². The Balaban J connectivity index is 1.53. The van der Waals surface area contributed by atoms with Crippen LogP contribution in [0.15, 0.2) is 28.7 Å². The lowest BCUT2D eigenvalue weighted by Crippen LogP contribution is -2.15. The SMILES string of the molecule is CCOC(=O)Cc1csc(NC(=O)CSc2nnc(COc3cc(Cl)ccc3Cl)n2CC)n1. The van der Waals surface area contributed by atoms with Crippen LogP contribution >= 0.6 is 46.3 Å². The number of nitrogens with one attached hydrogen (secondary N) is 1. The van der Waals surface area contributed by atoms with Crippen LogP contribution < -0.4 is 10.1 Å². The quantitative estimate of drug-likeness (QED) is 0.286. The molecular weight excluding hydrogens is 509 g/mol. The zero-order chi connectivity index (χ0) is 23.8. The van der Waals surface area contributed by atoms with E-state index in [9.17, 15) is 9.59 Å². The highest BCUT2D eigenvalue weighted by Crippen LogP contribution is 2.28. The third-order valence-corrected chi connectivity index (χ3v) is 6.44. The number of amides is 1.